The van der Waals surface area contributed by atoms with Crippen LogP contribution >= 0.6 is 11.3 Å². The number of hydrogen-bond donors (Lipinski definition) is 1. The van der Waals surface area contributed by atoms with Crippen LogP contribution in [0, 0.1) is 5.82 Å². The van der Waals surface area contributed by atoms with Crippen LogP contribution in [0.2, 0.25) is 0 Å². The third-order valence-electron chi connectivity index (χ3n) is 3.48. The maximum absolute atomic E-state index is 14.3. The number of rotatable bonds is 8. The first-order valence-corrected chi connectivity index (χ1v) is 8.22. The highest BCUT2D eigenvalue weighted by atomic mass is 32.1. The lowest BCUT2D eigenvalue weighted by molar-refractivity contribution is 0.385. The Balaban J connectivity index is 2.18. The van der Waals surface area contributed by atoms with Crippen molar-refractivity contribution in [3.8, 4) is 5.75 Å². The number of ether oxygens (including phenoxy) is 1. The summed E-state index contributed by atoms with van der Waals surface area (Å²) in [7, 11) is 1.59. The smallest absolute Gasteiger partial charge is 0.131 e. The molecule has 0 aliphatic rings. The summed E-state index contributed by atoms with van der Waals surface area (Å²) in [5.41, 5.74) is 0.644. The normalized spacial score (nSPS) is 12.3. The molecule has 0 aliphatic heterocycles. The Morgan fingerprint density at radius 3 is 2.81 bits per heavy atom. The van der Waals surface area contributed by atoms with Crippen molar-refractivity contribution in [1.82, 2.24) is 5.32 Å². The predicted molar refractivity (Wildman–Crippen MR) is 86.6 cm³/mol. The van der Waals surface area contributed by atoms with Crippen molar-refractivity contribution in [1.29, 1.82) is 0 Å². The summed E-state index contributed by atoms with van der Waals surface area (Å²) in [5.74, 6) is 0.420. The number of hydrogen-bond acceptors (Lipinski definition) is 3. The van der Waals surface area contributed by atoms with Gasteiger partial charge in [-0.05, 0) is 49.4 Å². The molecule has 0 fully saturated rings. The molecule has 0 saturated carbocycles. The molecular formula is C17H22FNOS. The average Bonchev–Trinajstić information content (AvgIpc) is 3.01. The van der Waals surface area contributed by atoms with Crippen LogP contribution in [0.4, 0.5) is 4.39 Å². The van der Waals surface area contributed by atoms with Gasteiger partial charge in [0, 0.05) is 16.5 Å². The Bertz CT molecular complexity index is 542. The van der Waals surface area contributed by atoms with Gasteiger partial charge in [0.25, 0.3) is 0 Å². The molecule has 1 atom stereocenters. The van der Waals surface area contributed by atoms with Crippen molar-refractivity contribution in [3.63, 3.8) is 0 Å². The number of methoxy groups -OCH3 is 1. The van der Waals surface area contributed by atoms with Crippen LogP contribution in [0.5, 0.6) is 5.75 Å². The van der Waals surface area contributed by atoms with E-state index in [0.717, 1.165) is 25.8 Å². The molecule has 1 N–H and O–H groups in total. The SMILES string of the molecule is CCCNC(CCc1cccs1)c1c(F)cccc1OC. The summed E-state index contributed by atoms with van der Waals surface area (Å²) in [6.07, 6.45) is 2.82. The van der Waals surface area contributed by atoms with Crippen molar-refractivity contribution in [2.75, 3.05) is 13.7 Å². The molecule has 2 aromatic rings. The van der Waals surface area contributed by atoms with Gasteiger partial charge in [-0.1, -0.05) is 19.1 Å². The first-order valence-electron chi connectivity index (χ1n) is 7.34. The second-order valence-corrected chi connectivity index (χ2v) is 6.01. The monoisotopic (exact) mass is 307 g/mol. The lowest BCUT2D eigenvalue weighted by Crippen LogP contribution is -2.24. The Morgan fingerprint density at radius 1 is 1.29 bits per heavy atom. The standard InChI is InChI=1S/C17H22FNOS/c1-3-11-19-15(10-9-13-6-5-12-21-13)17-14(18)7-4-8-16(17)20-2/h4-8,12,15,19H,3,9-11H2,1-2H3. The molecule has 0 spiro atoms. The predicted octanol–water partition coefficient (Wildman–Crippen LogP) is 4.57. The molecule has 0 aliphatic carbocycles. The van der Waals surface area contributed by atoms with Gasteiger partial charge in [0.2, 0.25) is 0 Å². The largest absolute Gasteiger partial charge is 0.496 e. The van der Waals surface area contributed by atoms with E-state index in [9.17, 15) is 4.39 Å². The van der Waals surface area contributed by atoms with Crippen molar-refractivity contribution in [3.05, 3.63) is 52.0 Å². The fourth-order valence-electron chi connectivity index (χ4n) is 2.44. The topological polar surface area (TPSA) is 21.3 Å². The molecule has 0 amide bonds. The van der Waals surface area contributed by atoms with E-state index in [2.05, 4.69) is 29.8 Å². The molecule has 2 nitrogen and oxygen atoms in total. The van der Waals surface area contributed by atoms with Crippen LogP contribution in [0.3, 0.4) is 0 Å². The van der Waals surface area contributed by atoms with E-state index >= 15 is 0 Å². The number of benzene rings is 1. The number of halogens is 1. The summed E-state index contributed by atoms with van der Waals surface area (Å²) in [4.78, 5) is 1.33. The Morgan fingerprint density at radius 2 is 2.14 bits per heavy atom. The second-order valence-electron chi connectivity index (χ2n) is 4.98. The van der Waals surface area contributed by atoms with E-state index in [-0.39, 0.29) is 11.9 Å². The van der Waals surface area contributed by atoms with E-state index in [1.165, 1.54) is 10.9 Å². The fourth-order valence-corrected chi connectivity index (χ4v) is 3.17. The molecule has 1 unspecified atom stereocenters. The van der Waals surface area contributed by atoms with Crippen molar-refractivity contribution >= 4 is 11.3 Å². The Labute approximate surface area is 130 Å². The Hall–Kier alpha value is -1.39. The van der Waals surface area contributed by atoms with Crippen molar-refractivity contribution < 1.29 is 9.13 Å². The van der Waals surface area contributed by atoms with Crippen LogP contribution in [0.25, 0.3) is 0 Å². The molecule has 21 heavy (non-hydrogen) atoms. The third-order valence-corrected chi connectivity index (χ3v) is 4.42. The molecule has 4 heteroatoms. The van der Waals surface area contributed by atoms with E-state index in [4.69, 9.17) is 4.74 Å². The minimum Gasteiger partial charge on any atom is -0.496 e. The highest BCUT2D eigenvalue weighted by Gasteiger charge is 2.20. The highest BCUT2D eigenvalue weighted by Crippen LogP contribution is 2.31. The van der Waals surface area contributed by atoms with Gasteiger partial charge in [-0.2, -0.15) is 0 Å². The summed E-state index contributed by atoms with van der Waals surface area (Å²) in [6.45, 7) is 2.98. The van der Waals surface area contributed by atoms with Crippen LogP contribution in [-0.4, -0.2) is 13.7 Å². The molecule has 0 saturated heterocycles. The lowest BCUT2D eigenvalue weighted by Gasteiger charge is -2.21. The van der Waals surface area contributed by atoms with Gasteiger partial charge < -0.3 is 10.1 Å². The fraction of sp³-hybridized carbons (Fsp3) is 0.412. The van der Waals surface area contributed by atoms with Gasteiger partial charge in [0.05, 0.1) is 7.11 Å². The summed E-state index contributed by atoms with van der Waals surface area (Å²) in [6, 6.07) is 9.17. The van der Waals surface area contributed by atoms with Crippen LogP contribution in [0.1, 0.15) is 36.2 Å². The minimum atomic E-state index is -0.200. The van der Waals surface area contributed by atoms with Gasteiger partial charge in [-0.25, -0.2) is 4.39 Å². The van der Waals surface area contributed by atoms with Gasteiger partial charge >= 0.3 is 0 Å². The molecule has 1 aromatic carbocycles. The van der Waals surface area contributed by atoms with Crippen LogP contribution < -0.4 is 10.1 Å². The first kappa shape index (κ1) is 16.0. The molecule has 0 bridgehead atoms. The highest BCUT2D eigenvalue weighted by molar-refractivity contribution is 7.09. The molecule has 1 heterocycles. The molecule has 0 radical (unpaired) electrons. The molecular weight excluding hydrogens is 285 g/mol. The summed E-state index contributed by atoms with van der Waals surface area (Å²) in [5, 5.41) is 5.53. The third kappa shape index (κ3) is 4.29. The average molecular weight is 307 g/mol. The lowest BCUT2D eigenvalue weighted by atomic mass is 9.99. The zero-order valence-corrected chi connectivity index (χ0v) is 13.4. The van der Waals surface area contributed by atoms with Crippen molar-refractivity contribution in [2.24, 2.45) is 0 Å². The minimum absolute atomic E-state index is 0.0248. The Kier molecular flexibility index (Phi) is 6.21. The zero-order valence-electron chi connectivity index (χ0n) is 12.6. The number of aryl methyl sites for hydroxylation is 1. The summed E-state index contributed by atoms with van der Waals surface area (Å²) < 4.78 is 19.6. The van der Waals surface area contributed by atoms with Crippen molar-refractivity contribution in [2.45, 2.75) is 32.2 Å². The summed E-state index contributed by atoms with van der Waals surface area (Å²) >= 11 is 1.75. The van der Waals surface area contributed by atoms with Gasteiger partial charge in [-0.3, -0.25) is 0 Å². The maximum atomic E-state index is 14.3. The maximum Gasteiger partial charge on any atom is 0.131 e. The molecule has 2 rings (SSSR count). The second kappa shape index (κ2) is 8.15. The van der Waals surface area contributed by atoms with E-state index in [1.807, 2.05) is 6.07 Å². The zero-order chi connectivity index (χ0) is 15.1. The van der Waals surface area contributed by atoms with Gasteiger partial charge in [0.1, 0.15) is 11.6 Å². The van der Waals surface area contributed by atoms with E-state index < -0.39 is 0 Å². The van der Waals surface area contributed by atoms with Crippen LogP contribution in [0.15, 0.2) is 35.7 Å². The van der Waals surface area contributed by atoms with Gasteiger partial charge in [0.15, 0.2) is 0 Å². The van der Waals surface area contributed by atoms with Crippen LogP contribution in [-0.2, 0) is 6.42 Å². The number of nitrogens with one attached hydrogen (secondary N) is 1. The quantitative estimate of drug-likeness (QED) is 0.771. The molecule has 114 valence electrons. The van der Waals surface area contributed by atoms with Gasteiger partial charge in [-0.15, -0.1) is 11.3 Å². The number of thiophene rings is 1. The molecule has 1 aromatic heterocycles. The van der Waals surface area contributed by atoms with E-state index in [0.29, 0.717) is 11.3 Å². The van der Waals surface area contributed by atoms with E-state index in [1.54, 1.807) is 24.5 Å². The first-order chi connectivity index (χ1) is 10.3.